The van der Waals surface area contributed by atoms with E-state index < -0.39 is 0 Å². The van der Waals surface area contributed by atoms with E-state index in [4.69, 9.17) is 4.74 Å². The summed E-state index contributed by atoms with van der Waals surface area (Å²) in [7, 11) is 3.33. The molecule has 1 unspecified atom stereocenters. The molecule has 0 bridgehead atoms. The van der Waals surface area contributed by atoms with Gasteiger partial charge in [0.2, 0.25) is 11.8 Å². The van der Waals surface area contributed by atoms with Gasteiger partial charge in [-0.3, -0.25) is 9.59 Å². The van der Waals surface area contributed by atoms with E-state index in [0.717, 1.165) is 25.9 Å². The van der Waals surface area contributed by atoms with Crippen LogP contribution in [0.3, 0.4) is 0 Å². The molecule has 0 aliphatic carbocycles. The third-order valence-electron chi connectivity index (χ3n) is 3.82. The molecule has 122 valence electrons. The quantitative estimate of drug-likeness (QED) is 0.604. The average molecular weight is 299 g/mol. The van der Waals surface area contributed by atoms with Crippen LogP contribution in [0.25, 0.3) is 0 Å². The molecule has 1 heterocycles. The average Bonchev–Trinajstić information content (AvgIpc) is 2.50. The van der Waals surface area contributed by atoms with Crippen molar-refractivity contribution in [3.8, 4) is 0 Å². The Morgan fingerprint density at radius 1 is 1.43 bits per heavy atom. The fourth-order valence-electron chi connectivity index (χ4n) is 2.49. The summed E-state index contributed by atoms with van der Waals surface area (Å²) in [5.41, 5.74) is 0. The first-order chi connectivity index (χ1) is 10.1. The van der Waals surface area contributed by atoms with Gasteiger partial charge in [-0.15, -0.1) is 0 Å². The lowest BCUT2D eigenvalue weighted by atomic mass is 9.94. The molecular formula is C15H29N3O3. The molecule has 2 amide bonds. The minimum atomic E-state index is -0.110. The lowest BCUT2D eigenvalue weighted by Gasteiger charge is -2.23. The maximum absolute atomic E-state index is 12.0. The summed E-state index contributed by atoms with van der Waals surface area (Å²) in [5.74, 6) is 0.535. The van der Waals surface area contributed by atoms with Crippen LogP contribution in [0.15, 0.2) is 0 Å². The number of ether oxygens (including phenoxy) is 1. The Morgan fingerprint density at radius 3 is 2.90 bits per heavy atom. The number of amides is 2. The Bertz CT molecular complexity index is 317. The molecule has 6 heteroatoms. The SMILES string of the molecule is COCCCNC(=O)CN(C)C(=O)CCC1CCCNC1. The van der Waals surface area contributed by atoms with Crippen LogP contribution in [0, 0.1) is 5.92 Å². The topological polar surface area (TPSA) is 70.7 Å². The van der Waals surface area contributed by atoms with Gasteiger partial charge in [0, 0.05) is 33.7 Å². The van der Waals surface area contributed by atoms with Crippen molar-refractivity contribution in [2.45, 2.75) is 32.1 Å². The predicted molar refractivity (Wildman–Crippen MR) is 82.0 cm³/mol. The molecule has 2 N–H and O–H groups in total. The number of piperidine rings is 1. The van der Waals surface area contributed by atoms with Gasteiger partial charge in [-0.25, -0.2) is 0 Å². The Kier molecular flexibility index (Phi) is 9.01. The van der Waals surface area contributed by atoms with E-state index >= 15 is 0 Å². The molecule has 6 nitrogen and oxygen atoms in total. The number of likely N-dealkylation sites (N-methyl/N-ethyl adjacent to an activating group) is 1. The van der Waals surface area contributed by atoms with Crippen LogP contribution in [0.1, 0.15) is 32.1 Å². The van der Waals surface area contributed by atoms with Crippen LogP contribution < -0.4 is 10.6 Å². The molecule has 1 saturated heterocycles. The minimum absolute atomic E-state index is 0.0487. The van der Waals surface area contributed by atoms with Crippen molar-refractivity contribution in [3.63, 3.8) is 0 Å². The summed E-state index contributed by atoms with van der Waals surface area (Å²) in [5, 5.41) is 6.14. The molecule has 1 rings (SSSR count). The lowest BCUT2D eigenvalue weighted by molar-refractivity contribution is -0.135. The number of nitrogens with zero attached hydrogens (tertiary/aromatic N) is 1. The zero-order chi connectivity index (χ0) is 15.5. The van der Waals surface area contributed by atoms with Crippen molar-refractivity contribution in [3.05, 3.63) is 0 Å². The normalized spacial score (nSPS) is 18.3. The van der Waals surface area contributed by atoms with Gasteiger partial charge in [0.05, 0.1) is 6.54 Å². The van der Waals surface area contributed by atoms with Gasteiger partial charge >= 0.3 is 0 Å². The monoisotopic (exact) mass is 299 g/mol. The van der Waals surface area contributed by atoms with Crippen LogP contribution in [0.2, 0.25) is 0 Å². The predicted octanol–water partition coefficient (Wildman–Crippen LogP) is 0.377. The molecule has 1 aliphatic rings. The van der Waals surface area contributed by atoms with E-state index in [2.05, 4.69) is 10.6 Å². The second-order valence-electron chi connectivity index (χ2n) is 5.70. The second-order valence-corrected chi connectivity index (χ2v) is 5.70. The minimum Gasteiger partial charge on any atom is -0.385 e. The summed E-state index contributed by atoms with van der Waals surface area (Å²) in [6.07, 6.45) is 4.61. The Balaban J connectivity index is 2.13. The molecule has 0 radical (unpaired) electrons. The van der Waals surface area contributed by atoms with Crippen molar-refractivity contribution in [1.82, 2.24) is 15.5 Å². The molecule has 21 heavy (non-hydrogen) atoms. The summed E-state index contributed by atoms with van der Waals surface area (Å²) >= 11 is 0. The number of rotatable bonds is 9. The first-order valence-corrected chi connectivity index (χ1v) is 7.83. The number of hydrogen-bond donors (Lipinski definition) is 2. The first-order valence-electron chi connectivity index (χ1n) is 7.83. The summed E-state index contributed by atoms with van der Waals surface area (Å²) < 4.78 is 4.91. The molecule has 0 saturated carbocycles. The van der Waals surface area contributed by atoms with Crippen LogP contribution in [-0.2, 0) is 14.3 Å². The zero-order valence-electron chi connectivity index (χ0n) is 13.3. The van der Waals surface area contributed by atoms with Crippen molar-refractivity contribution >= 4 is 11.8 Å². The Labute approximate surface area is 127 Å². The Morgan fingerprint density at radius 2 is 2.24 bits per heavy atom. The van der Waals surface area contributed by atoms with Crippen molar-refractivity contribution in [2.75, 3.05) is 46.9 Å². The number of methoxy groups -OCH3 is 1. The highest BCUT2D eigenvalue weighted by atomic mass is 16.5. The van der Waals surface area contributed by atoms with Gasteiger partial charge in [0.1, 0.15) is 0 Å². The van der Waals surface area contributed by atoms with E-state index in [-0.39, 0.29) is 18.4 Å². The molecule has 1 aliphatic heterocycles. The lowest BCUT2D eigenvalue weighted by Crippen LogP contribution is -2.39. The maximum atomic E-state index is 12.0. The van der Waals surface area contributed by atoms with Crippen molar-refractivity contribution in [1.29, 1.82) is 0 Å². The number of carbonyl (C=O) groups excluding carboxylic acids is 2. The van der Waals surface area contributed by atoms with E-state index in [9.17, 15) is 9.59 Å². The largest absolute Gasteiger partial charge is 0.385 e. The smallest absolute Gasteiger partial charge is 0.239 e. The number of nitrogens with one attached hydrogen (secondary N) is 2. The van der Waals surface area contributed by atoms with Crippen molar-refractivity contribution in [2.24, 2.45) is 5.92 Å². The fraction of sp³-hybridized carbons (Fsp3) is 0.867. The molecule has 1 fully saturated rings. The van der Waals surface area contributed by atoms with Gasteiger partial charge in [0.25, 0.3) is 0 Å². The third-order valence-corrected chi connectivity index (χ3v) is 3.82. The highest BCUT2D eigenvalue weighted by Gasteiger charge is 2.17. The summed E-state index contributed by atoms with van der Waals surface area (Å²) in [6.45, 7) is 3.45. The summed E-state index contributed by atoms with van der Waals surface area (Å²) in [6, 6.07) is 0. The number of hydrogen-bond acceptors (Lipinski definition) is 4. The third kappa shape index (κ3) is 8.02. The number of carbonyl (C=O) groups is 2. The highest BCUT2D eigenvalue weighted by Crippen LogP contribution is 2.16. The first kappa shape index (κ1) is 17.9. The van der Waals surface area contributed by atoms with Crippen LogP contribution >= 0.6 is 0 Å². The zero-order valence-corrected chi connectivity index (χ0v) is 13.3. The van der Waals surface area contributed by atoms with Crippen LogP contribution in [-0.4, -0.2) is 63.7 Å². The van der Waals surface area contributed by atoms with Gasteiger partial charge in [-0.05, 0) is 44.7 Å². The van der Waals surface area contributed by atoms with E-state index in [1.807, 2.05) is 0 Å². The molecule has 0 aromatic carbocycles. The highest BCUT2D eigenvalue weighted by molar-refractivity contribution is 5.84. The van der Waals surface area contributed by atoms with E-state index in [0.29, 0.717) is 25.5 Å². The standard InChI is InChI=1S/C15H29N3O3/c1-18(12-14(19)17-9-4-10-21-2)15(20)7-6-13-5-3-8-16-11-13/h13,16H,3-12H2,1-2H3,(H,17,19). The van der Waals surface area contributed by atoms with Gasteiger partial charge in [-0.1, -0.05) is 0 Å². The maximum Gasteiger partial charge on any atom is 0.239 e. The second kappa shape index (κ2) is 10.6. The Hall–Kier alpha value is -1.14. The van der Waals surface area contributed by atoms with Gasteiger partial charge in [-0.2, -0.15) is 0 Å². The van der Waals surface area contributed by atoms with Gasteiger partial charge < -0.3 is 20.3 Å². The molecular weight excluding hydrogens is 270 g/mol. The molecule has 0 aromatic rings. The van der Waals surface area contributed by atoms with Crippen LogP contribution in [0.5, 0.6) is 0 Å². The fourth-order valence-corrected chi connectivity index (χ4v) is 2.49. The van der Waals surface area contributed by atoms with Crippen molar-refractivity contribution < 1.29 is 14.3 Å². The molecule has 0 aromatic heterocycles. The molecule has 0 spiro atoms. The van der Waals surface area contributed by atoms with E-state index in [1.54, 1.807) is 14.2 Å². The van der Waals surface area contributed by atoms with Crippen LogP contribution in [0.4, 0.5) is 0 Å². The summed E-state index contributed by atoms with van der Waals surface area (Å²) in [4.78, 5) is 25.2. The van der Waals surface area contributed by atoms with Gasteiger partial charge in [0.15, 0.2) is 0 Å². The molecule has 1 atom stereocenters. The van der Waals surface area contributed by atoms with E-state index in [1.165, 1.54) is 17.7 Å².